The summed E-state index contributed by atoms with van der Waals surface area (Å²) in [6.07, 6.45) is 3.80. The van der Waals surface area contributed by atoms with Crippen LogP contribution in [0.25, 0.3) is 6.08 Å². The zero-order valence-corrected chi connectivity index (χ0v) is 6.57. The van der Waals surface area contributed by atoms with E-state index in [1.165, 1.54) is 0 Å². The Hall–Kier alpha value is -1.48. The number of benzene rings is 1. The Bertz CT molecular complexity index is 333. The quantitative estimate of drug-likeness (QED) is 0.561. The third kappa shape index (κ3) is 0.950. The van der Waals surface area contributed by atoms with Crippen LogP contribution in [-0.2, 0) is 0 Å². The molecule has 1 aromatic carbocycles. The average molecular weight is 162 g/mol. The Balaban J connectivity index is 2.61. The van der Waals surface area contributed by atoms with Gasteiger partial charge >= 0.3 is 0 Å². The molecule has 0 saturated carbocycles. The number of hydrogen-bond donors (Lipinski definition) is 2. The highest BCUT2D eigenvalue weighted by molar-refractivity contribution is 5.74. The number of nitrogens with two attached hydrogens (primary N) is 1. The van der Waals surface area contributed by atoms with Crippen molar-refractivity contribution in [3.8, 4) is 5.75 Å². The first kappa shape index (κ1) is 7.18. The van der Waals surface area contributed by atoms with Crippen LogP contribution >= 0.6 is 0 Å². The Morgan fingerprint density at radius 1 is 1.42 bits per heavy atom. The molecule has 0 saturated heterocycles. The number of rotatable bonds is 0. The van der Waals surface area contributed by atoms with Gasteiger partial charge in [0.25, 0.3) is 0 Å². The van der Waals surface area contributed by atoms with Crippen LogP contribution in [0.4, 0.5) is 5.69 Å². The van der Waals surface area contributed by atoms with Crippen LogP contribution in [0.1, 0.15) is 5.56 Å². The Labute approximate surface area is 70.7 Å². The zero-order valence-electron chi connectivity index (χ0n) is 6.57. The van der Waals surface area contributed by atoms with Crippen LogP contribution in [-0.4, -0.2) is 11.7 Å². The lowest BCUT2D eigenvalue weighted by atomic mass is 10.1. The molecule has 2 rings (SSSR count). The predicted octanol–water partition coefficient (Wildman–Crippen LogP) is 1.10. The van der Waals surface area contributed by atoms with E-state index < -0.39 is 0 Å². The van der Waals surface area contributed by atoms with Gasteiger partial charge in [-0.2, -0.15) is 0 Å². The third-order valence-corrected chi connectivity index (χ3v) is 1.96. The van der Waals surface area contributed by atoms with Crippen LogP contribution in [0.3, 0.4) is 0 Å². The number of phenolic OH excluding ortho intramolecular Hbond substituents is 1. The van der Waals surface area contributed by atoms with Crippen LogP contribution in [0.15, 0.2) is 24.3 Å². The van der Waals surface area contributed by atoms with Crippen molar-refractivity contribution in [1.29, 1.82) is 0 Å². The molecule has 1 aromatic rings. The maximum atomic E-state index is 9.44. The fourth-order valence-electron chi connectivity index (χ4n) is 1.34. The summed E-state index contributed by atoms with van der Waals surface area (Å²) in [5.41, 5.74) is 1.67. The molecule has 62 valence electrons. The molecule has 0 bridgehead atoms. The summed E-state index contributed by atoms with van der Waals surface area (Å²) >= 11 is 0. The maximum absolute atomic E-state index is 9.44. The van der Waals surface area contributed by atoms with Crippen LogP contribution in [0.5, 0.6) is 5.75 Å². The van der Waals surface area contributed by atoms with E-state index >= 15 is 0 Å². The van der Waals surface area contributed by atoms with E-state index in [2.05, 4.69) is 0 Å². The molecule has 0 aliphatic carbocycles. The second-order valence-electron chi connectivity index (χ2n) is 2.76. The smallest absolute Gasteiger partial charge is 0.124 e. The van der Waals surface area contributed by atoms with Gasteiger partial charge < -0.3 is 10.1 Å². The van der Waals surface area contributed by atoms with E-state index in [1.807, 2.05) is 18.2 Å². The largest absolute Gasteiger partial charge is 0.507 e. The van der Waals surface area contributed by atoms with Crippen LogP contribution in [0.2, 0.25) is 0 Å². The monoisotopic (exact) mass is 162 g/mol. The van der Waals surface area contributed by atoms with Crippen molar-refractivity contribution in [2.75, 3.05) is 11.6 Å². The van der Waals surface area contributed by atoms with Crippen LogP contribution in [0, 0.1) is 0 Å². The van der Waals surface area contributed by atoms with Crippen molar-refractivity contribution in [2.45, 2.75) is 0 Å². The van der Waals surface area contributed by atoms with Gasteiger partial charge in [-0.1, -0.05) is 18.2 Å². The van der Waals surface area contributed by atoms with Gasteiger partial charge in [0.15, 0.2) is 0 Å². The molecule has 0 atom stereocenters. The molecule has 0 spiro atoms. The van der Waals surface area contributed by atoms with E-state index in [0.717, 1.165) is 11.3 Å². The Morgan fingerprint density at radius 3 is 3.00 bits per heavy atom. The van der Waals surface area contributed by atoms with Gasteiger partial charge in [0.05, 0.1) is 12.2 Å². The molecule has 12 heavy (non-hydrogen) atoms. The summed E-state index contributed by atoms with van der Waals surface area (Å²) in [4.78, 5) is 0. The lowest BCUT2D eigenvalue weighted by Crippen LogP contribution is -2.32. The molecule has 0 amide bonds. The third-order valence-electron chi connectivity index (χ3n) is 1.96. The first-order valence-electron chi connectivity index (χ1n) is 3.80. The van der Waals surface area contributed by atoms with E-state index in [0.29, 0.717) is 6.54 Å². The zero-order chi connectivity index (χ0) is 8.55. The Morgan fingerprint density at radius 2 is 2.25 bits per heavy atom. The van der Waals surface area contributed by atoms with Gasteiger partial charge in [-0.05, 0) is 12.1 Å². The second-order valence-corrected chi connectivity index (χ2v) is 2.76. The molecular formula is C9H10N2O. The van der Waals surface area contributed by atoms with Gasteiger partial charge in [0.1, 0.15) is 5.75 Å². The highest BCUT2D eigenvalue weighted by Gasteiger charge is 2.11. The van der Waals surface area contributed by atoms with E-state index in [-0.39, 0.29) is 5.75 Å². The van der Waals surface area contributed by atoms with Crippen molar-refractivity contribution >= 4 is 11.8 Å². The first-order chi connectivity index (χ1) is 5.79. The summed E-state index contributed by atoms with van der Waals surface area (Å²) in [7, 11) is 0. The molecule has 0 fully saturated rings. The van der Waals surface area contributed by atoms with Crippen molar-refractivity contribution in [3.05, 3.63) is 29.8 Å². The molecule has 1 heterocycles. The molecule has 0 aromatic heterocycles. The number of phenols is 1. The predicted molar refractivity (Wildman–Crippen MR) is 48.7 cm³/mol. The molecular weight excluding hydrogens is 152 g/mol. The summed E-state index contributed by atoms with van der Waals surface area (Å²) in [5, 5.41) is 11.0. The average Bonchev–Trinajstić information content (AvgIpc) is 2.07. The van der Waals surface area contributed by atoms with Gasteiger partial charge in [-0.25, -0.2) is 5.84 Å². The lowest BCUT2D eigenvalue weighted by molar-refractivity contribution is 0.474. The normalized spacial score (nSPS) is 14.6. The van der Waals surface area contributed by atoms with Gasteiger partial charge in [-0.15, -0.1) is 0 Å². The van der Waals surface area contributed by atoms with Crippen molar-refractivity contribution in [3.63, 3.8) is 0 Å². The lowest BCUT2D eigenvalue weighted by Gasteiger charge is -2.22. The summed E-state index contributed by atoms with van der Waals surface area (Å²) in [5.74, 6) is 5.96. The minimum Gasteiger partial charge on any atom is -0.507 e. The topological polar surface area (TPSA) is 49.5 Å². The fraction of sp³-hybridized carbons (Fsp3) is 0.111. The number of fused-ring (bicyclic) bond motifs is 1. The number of anilines is 1. The van der Waals surface area contributed by atoms with Crippen molar-refractivity contribution < 1.29 is 5.11 Å². The van der Waals surface area contributed by atoms with Gasteiger partial charge in [0, 0.05) is 5.56 Å². The number of hydrogen-bond acceptors (Lipinski definition) is 3. The van der Waals surface area contributed by atoms with Gasteiger partial charge in [-0.3, -0.25) is 0 Å². The minimum atomic E-state index is 0.277. The first-order valence-corrected chi connectivity index (χ1v) is 3.80. The number of nitrogens with zero attached hydrogens (tertiary/aromatic N) is 1. The molecule has 3 heteroatoms. The van der Waals surface area contributed by atoms with E-state index in [4.69, 9.17) is 5.84 Å². The molecule has 3 nitrogen and oxygen atoms in total. The second kappa shape index (κ2) is 2.53. The highest BCUT2D eigenvalue weighted by Crippen LogP contribution is 2.30. The summed E-state index contributed by atoms with van der Waals surface area (Å²) in [6.45, 7) is 0.691. The van der Waals surface area contributed by atoms with E-state index in [1.54, 1.807) is 17.1 Å². The van der Waals surface area contributed by atoms with E-state index in [9.17, 15) is 5.11 Å². The van der Waals surface area contributed by atoms with Gasteiger partial charge in [0.2, 0.25) is 0 Å². The fourth-order valence-corrected chi connectivity index (χ4v) is 1.34. The molecule has 0 radical (unpaired) electrons. The number of aromatic hydroxyl groups is 1. The van der Waals surface area contributed by atoms with Crippen molar-refractivity contribution in [2.24, 2.45) is 5.84 Å². The standard InChI is InChI=1S/C9H10N2O/c10-11-6-2-3-7-8(11)4-1-5-9(7)12/h1-5,12H,6,10H2. The Kier molecular flexibility index (Phi) is 1.52. The maximum Gasteiger partial charge on any atom is 0.124 e. The SMILES string of the molecule is NN1CC=Cc2c(O)cccc21. The molecule has 1 aliphatic heterocycles. The highest BCUT2D eigenvalue weighted by atomic mass is 16.3. The van der Waals surface area contributed by atoms with Crippen molar-refractivity contribution in [1.82, 2.24) is 0 Å². The summed E-state index contributed by atoms with van der Waals surface area (Å²) < 4.78 is 0. The molecule has 1 aliphatic rings. The minimum absolute atomic E-state index is 0.277. The molecule has 0 unspecified atom stereocenters. The summed E-state index contributed by atoms with van der Waals surface area (Å²) in [6, 6.07) is 5.33. The van der Waals surface area contributed by atoms with Crippen LogP contribution < -0.4 is 10.9 Å². The molecule has 3 N–H and O–H groups in total. The number of hydrazine groups is 1.